The van der Waals surface area contributed by atoms with Crippen LogP contribution in [0.1, 0.15) is 5.76 Å². The van der Waals surface area contributed by atoms with Crippen LogP contribution >= 0.6 is 24.8 Å². The average molecular weight is 248 g/mol. The third kappa shape index (κ3) is 3.20. The maximum atomic E-state index is 5.39. The minimum absolute atomic E-state index is 0. The maximum Gasteiger partial charge on any atom is 0.150 e. The van der Waals surface area contributed by atoms with Crippen LogP contribution in [0.15, 0.2) is 35.0 Å². The lowest BCUT2D eigenvalue weighted by atomic mass is 10.2. The Kier molecular flexibility index (Phi) is 5.93. The number of aromatic nitrogens is 2. The van der Waals surface area contributed by atoms with Crippen LogP contribution in [0.2, 0.25) is 0 Å². The van der Waals surface area contributed by atoms with Crippen molar-refractivity contribution in [2.45, 2.75) is 6.54 Å². The molecule has 0 bridgehead atoms. The van der Waals surface area contributed by atoms with Gasteiger partial charge >= 0.3 is 0 Å². The van der Waals surface area contributed by atoms with E-state index < -0.39 is 0 Å². The van der Waals surface area contributed by atoms with E-state index in [0.29, 0.717) is 12.3 Å². The van der Waals surface area contributed by atoms with Gasteiger partial charge in [0, 0.05) is 12.3 Å². The molecule has 0 saturated heterocycles. The van der Waals surface area contributed by atoms with Crippen molar-refractivity contribution in [1.82, 2.24) is 10.1 Å². The van der Waals surface area contributed by atoms with Crippen LogP contribution in [-0.2, 0) is 6.54 Å². The van der Waals surface area contributed by atoms with Gasteiger partial charge in [-0.15, -0.1) is 24.8 Å². The van der Waals surface area contributed by atoms with Crippen molar-refractivity contribution in [1.29, 1.82) is 0 Å². The number of hydrogen-bond acceptors (Lipinski definition) is 4. The predicted octanol–water partition coefficient (Wildman–Crippen LogP) is 2.04. The molecule has 0 aliphatic carbocycles. The van der Waals surface area contributed by atoms with Gasteiger partial charge in [-0.05, 0) is 12.1 Å². The first-order valence-corrected chi connectivity index (χ1v) is 3.97. The summed E-state index contributed by atoms with van der Waals surface area (Å²) >= 11 is 0. The van der Waals surface area contributed by atoms with Crippen molar-refractivity contribution in [3.63, 3.8) is 0 Å². The van der Waals surface area contributed by atoms with Crippen molar-refractivity contribution in [2.24, 2.45) is 5.73 Å². The molecule has 2 aromatic rings. The topological polar surface area (TPSA) is 64.9 Å². The Balaban J connectivity index is 0.000000980. The molecule has 2 rings (SSSR count). The molecule has 0 fully saturated rings. The zero-order valence-corrected chi connectivity index (χ0v) is 9.42. The van der Waals surface area contributed by atoms with Crippen LogP contribution in [0.25, 0.3) is 11.4 Å². The highest BCUT2D eigenvalue weighted by Gasteiger charge is 2.04. The molecule has 0 aromatic carbocycles. The van der Waals surface area contributed by atoms with Crippen LogP contribution in [-0.4, -0.2) is 10.1 Å². The van der Waals surface area contributed by atoms with E-state index in [2.05, 4.69) is 10.1 Å². The van der Waals surface area contributed by atoms with Gasteiger partial charge in [-0.1, -0.05) is 11.2 Å². The third-order valence-electron chi connectivity index (χ3n) is 1.69. The van der Waals surface area contributed by atoms with Crippen LogP contribution in [0.4, 0.5) is 0 Å². The fourth-order valence-corrected chi connectivity index (χ4v) is 1.04. The lowest BCUT2D eigenvalue weighted by Crippen LogP contribution is -1.92. The second kappa shape index (κ2) is 6.40. The summed E-state index contributed by atoms with van der Waals surface area (Å²) in [4.78, 5) is 4.13. The number of halogens is 2. The first kappa shape index (κ1) is 13.9. The molecular formula is C9H11Cl2N3O. The SMILES string of the molecule is Cl.Cl.NCc1cc(-c2ccccn2)no1. The van der Waals surface area contributed by atoms with Gasteiger partial charge in [0.05, 0.1) is 12.2 Å². The molecule has 82 valence electrons. The molecule has 4 nitrogen and oxygen atoms in total. The van der Waals surface area contributed by atoms with Gasteiger partial charge in [0.1, 0.15) is 5.69 Å². The Hall–Kier alpha value is -1.10. The molecule has 0 aliphatic rings. The summed E-state index contributed by atoms with van der Waals surface area (Å²) in [6.07, 6.45) is 1.71. The largest absolute Gasteiger partial charge is 0.359 e. The predicted molar refractivity (Wildman–Crippen MR) is 62.1 cm³/mol. The summed E-state index contributed by atoms with van der Waals surface area (Å²) in [7, 11) is 0. The van der Waals surface area contributed by atoms with Crippen LogP contribution in [0.5, 0.6) is 0 Å². The molecule has 0 unspecified atom stereocenters. The molecule has 0 saturated carbocycles. The number of nitrogens with zero attached hydrogens (tertiary/aromatic N) is 2. The normalized spacial score (nSPS) is 8.87. The van der Waals surface area contributed by atoms with Gasteiger partial charge < -0.3 is 10.3 Å². The van der Waals surface area contributed by atoms with E-state index in [1.165, 1.54) is 0 Å². The Labute approximate surface area is 99.7 Å². The molecule has 0 amide bonds. The highest BCUT2D eigenvalue weighted by molar-refractivity contribution is 5.85. The molecule has 6 heteroatoms. The minimum atomic E-state index is 0. The van der Waals surface area contributed by atoms with Crippen molar-refractivity contribution in [3.8, 4) is 11.4 Å². The second-order valence-corrected chi connectivity index (χ2v) is 2.60. The highest BCUT2D eigenvalue weighted by atomic mass is 35.5. The summed E-state index contributed by atoms with van der Waals surface area (Å²) in [6.45, 7) is 0.361. The summed E-state index contributed by atoms with van der Waals surface area (Å²) in [5, 5.41) is 3.84. The third-order valence-corrected chi connectivity index (χ3v) is 1.69. The van der Waals surface area contributed by atoms with E-state index >= 15 is 0 Å². The number of rotatable bonds is 2. The molecule has 2 heterocycles. The van der Waals surface area contributed by atoms with Crippen molar-refractivity contribution in [3.05, 3.63) is 36.2 Å². The average Bonchev–Trinajstić information content (AvgIpc) is 2.67. The lowest BCUT2D eigenvalue weighted by molar-refractivity contribution is 0.387. The highest BCUT2D eigenvalue weighted by Crippen LogP contribution is 2.15. The molecule has 2 N–H and O–H groups in total. The van der Waals surface area contributed by atoms with Crippen LogP contribution in [0.3, 0.4) is 0 Å². The lowest BCUT2D eigenvalue weighted by Gasteiger charge is -1.90. The second-order valence-electron chi connectivity index (χ2n) is 2.60. The van der Waals surface area contributed by atoms with Crippen LogP contribution < -0.4 is 5.73 Å². The molecule has 2 aromatic heterocycles. The van der Waals surface area contributed by atoms with Crippen molar-refractivity contribution >= 4 is 24.8 Å². The van der Waals surface area contributed by atoms with E-state index in [1.54, 1.807) is 12.3 Å². The monoisotopic (exact) mass is 247 g/mol. The van der Waals surface area contributed by atoms with Gasteiger partial charge in [-0.2, -0.15) is 0 Å². The summed E-state index contributed by atoms with van der Waals surface area (Å²) < 4.78 is 4.95. The minimum Gasteiger partial charge on any atom is -0.359 e. The fraction of sp³-hybridized carbons (Fsp3) is 0.111. The first-order chi connectivity index (χ1) is 6.40. The maximum absolute atomic E-state index is 5.39. The van der Waals surface area contributed by atoms with Gasteiger partial charge in [0.2, 0.25) is 0 Å². The quantitative estimate of drug-likeness (QED) is 0.883. The smallest absolute Gasteiger partial charge is 0.150 e. The zero-order valence-electron chi connectivity index (χ0n) is 7.79. The molecule has 0 radical (unpaired) electrons. The Morgan fingerprint density at radius 1 is 1.20 bits per heavy atom. The van der Waals surface area contributed by atoms with Crippen LogP contribution in [0, 0.1) is 0 Å². The van der Waals surface area contributed by atoms with E-state index in [1.807, 2.05) is 18.2 Å². The van der Waals surface area contributed by atoms with E-state index in [-0.39, 0.29) is 24.8 Å². The van der Waals surface area contributed by atoms with Gasteiger partial charge in [0.25, 0.3) is 0 Å². The summed E-state index contributed by atoms with van der Waals surface area (Å²) in [5.41, 5.74) is 6.91. The molecular weight excluding hydrogens is 237 g/mol. The molecule has 0 aliphatic heterocycles. The molecule has 15 heavy (non-hydrogen) atoms. The fourth-order valence-electron chi connectivity index (χ4n) is 1.04. The van der Waals surface area contributed by atoms with E-state index in [4.69, 9.17) is 10.3 Å². The Morgan fingerprint density at radius 2 is 2.00 bits per heavy atom. The summed E-state index contributed by atoms with van der Waals surface area (Å²) in [5.74, 6) is 0.667. The van der Waals surface area contributed by atoms with Gasteiger partial charge in [-0.25, -0.2) is 0 Å². The number of pyridine rings is 1. The zero-order chi connectivity index (χ0) is 9.10. The molecule has 0 atom stereocenters. The standard InChI is InChI=1S/C9H9N3O.2ClH/c10-6-7-5-9(12-13-7)8-3-1-2-4-11-8;;/h1-5H,6,10H2;2*1H. The van der Waals surface area contributed by atoms with Crippen molar-refractivity contribution < 1.29 is 4.52 Å². The van der Waals surface area contributed by atoms with Gasteiger partial charge in [0.15, 0.2) is 5.76 Å². The Bertz CT molecular complexity index is 391. The van der Waals surface area contributed by atoms with E-state index in [0.717, 1.165) is 11.4 Å². The first-order valence-electron chi connectivity index (χ1n) is 3.97. The Morgan fingerprint density at radius 3 is 2.53 bits per heavy atom. The molecule has 0 spiro atoms. The van der Waals surface area contributed by atoms with E-state index in [9.17, 15) is 0 Å². The number of hydrogen-bond donors (Lipinski definition) is 1. The number of nitrogens with two attached hydrogens (primary N) is 1. The van der Waals surface area contributed by atoms with Gasteiger partial charge in [-0.3, -0.25) is 4.98 Å². The summed E-state index contributed by atoms with van der Waals surface area (Å²) in [6, 6.07) is 7.42. The van der Waals surface area contributed by atoms with Crippen molar-refractivity contribution in [2.75, 3.05) is 0 Å².